The van der Waals surface area contributed by atoms with Crippen LogP contribution >= 0.6 is 11.8 Å². The van der Waals surface area contributed by atoms with Gasteiger partial charge in [-0.15, -0.1) is 0 Å². The number of aryl methyl sites for hydroxylation is 1. The molecule has 0 amide bonds. The largest absolute Gasteiger partial charge is 0.333 e. The van der Waals surface area contributed by atoms with E-state index in [0.717, 1.165) is 28.5 Å². The first-order valence-electron chi connectivity index (χ1n) is 6.42. The zero-order chi connectivity index (χ0) is 14.6. The number of thioether (sulfide) groups is 1. The predicted molar refractivity (Wildman–Crippen MR) is 84.1 cm³/mol. The average molecular weight is 313 g/mol. The molecule has 0 unspecified atom stereocenters. The second-order valence-electron chi connectivity index (χ2n) is 4.79. The van der Waals surface area contributed by atoms with E-state index in [1.165, 1.54) is 11.8 Å². The van der Waals surface area contributed by atoms with Crippen LogP contribution in [0.3, 0.4) is 0 Å². The number of hydrogen-bond donors (Lipinski definition) is 2. The molecule has 2 rings (SSSR count). The summed E-state index contributed by atoms with van der Waals surface area (Å²) < 4.78 is 21.9. The number of imidazole rings is 1. The lowest BCUT2D eigenvalue weighted by atomic mass is 10.2. The van der Waals surface area contributed by atoms with Gasteiger partial charge < -0.3 is 10.3 Å². The van der Waals surface area contributed by atoms with Gasteiger partial charge in [-0.1, -0.05) is 17.8 Å². The van der Waals surface area contributed by atoms with Gasteiger partial charge in [-0.25, -0.2) is 13.4 Å². The molecule has 2 N–H and O–H groups in total. The van der Waals surface area contributed by atoms with Crippen molar-refractivity contribution >= 4 is 32.6 Å². The van der Waals surface area contributed by atoms with Crippen LogP contribution in [0.15, 0.2) is 23.4 Å². The van der Waals surface area contributed by atoms with E-state index in [2.05, 4.69) is 28.3 Å². The van der Waals surface area contributed by atoms with Crippen LogP contribution < -0.4 is 5.32 Å². The topological polar surface area (TPSA) is 74.8 Å². The molecule has 0 atom stereocenters. The SMILES string of the molecule is Cc1ccc2nc(SCCNCCS(C)(=O)=O)[nH]c2c1. The summed E-state index contributed by atoms with van der Waals surface area (Å²) in [6, 6.07) is 6.14. The molecule has 0 aliphatic rings. The van der Waals surface area contributed by atoms with Gasteiger partial charge in [-0.3, -0.25) is 0 Å². The molecule has 1 aromatic carbocycles. The van der Waals surface area contributed by atoms with Crippen molar-refractivity contribution in [3.63, 3.8) is 0 Å². The van der Waals surface area contributed by atoms with E-state index >= 15 is 0 Å². The zero-order valence-corrected chi connectivity index (χ0v) is 13.3. The number of sulfone groups is 1. The van der Waals surface area contributed by atoms with Crippen LogP contribution in [0.1, 0.15) is 5.56 Å². The number of hydrogen-bond acceptors (Lipinski definition) is 5. The van der Waals surface area contributed by atoms with Gasteiger partial charge in [-0.05, 0) is 24.6 Å². The van der Waals surface area contributed by atoms with Gasteiger partial charge in [-0.2, -0.15) is 0 Å². The van der Waals surface area contributed by atoms with E-state index in [4.69, 9.17) is 0 Å². The average Bonchev–Trinajstić information content (AvgIpc) is 2.74. The fourth-order valence-corrected chi connectivity index (χ4v) is 3.07. The highest BCUT2D eigenvalue weighted by molar-refractivity contribution is 7.99. The summed E-state index contributed by atoms with van der Waals surface area (Å²) in [5.74, 6) is 1.03. The van der Waals surface area contributed by atoms with E-state index in [1.807, 2.05) is 12.1 Å². The number of fused-ring (bicyclic) bond motifs is 1. The van der Waals surface area contributed by atoms with Crippen molar-refractivity contribution in [3.05, 3.63) is 23.8 Å². The maximum absolute atomic E-state index is 11.0. The van der Waals surface area contributed by atoms with Gasteiger partial charge in [0.1, 0.15) is 9.84 Å². The normalized spacial score (nSPS) is 12.1. The maximum Gasteiger partial charge on any atom is 0.166 e. The third kappa shape index (κ3) is 4.81. The fourth-order valence-electron chi connectivity index (χ4n) is 1.77. The van der Waals surface area contributed by atoms with E-state index < -0.39 is 9.84 Å². The summed E-state index contributed by atoms with van der Waals surface area (Å²) in [6.07, 6.45) is 1.25. The lowest BCUT2D eigenvalue weighted by molar-refractivity contribution is 0.598. The molecule has 0 saturated heterocycles. The number of H-pyrrole nitrogens is 1. The van der Waals surface area contributed by atoms with E-state index in [0.29, 0.717) is 6.54 Å². The molecule has 0 aliphatic carbocycles. The van der Waals surface area contributed by atoms with Gasteiger partial charge in [0.15, 0.2) is 5.16 Å². The molecule has 20 heavy (non-hydrogen) atoms. The number of aromatic amines is 1. The Morgan fingerprint density at radius 3 is 2.90 bits per heavy atom. The number of nitrogens with zero attached hydrogens (tertiary/aromatic N) is 1. The van der Waals surface area contributed by atoms with Gasteiger partial charge in [0, 0.05) is 25.1 Å². The highest BCUT2D eigenvalue weighted by atomic mass is 32.2. The molecule has 110 valence electrons. The first-order chi connectivity index (χ1) is 9.44. The van der Waals surface area contributed by atoms with E-state index in [9.17, 15) is 8.42 Å². The molecule has 0 spiro atoms. The lowest BCUT2D eigenvalue weighted by Crippen LogP contribution is -2.24. The molecule has 5 nitrogen and oxygen atoms in total. The molecule has 0 radical (unpaired) electrons. The Bertz CT molecular complexity index is 680. The third-order valence-corrected chi connectivity index (χ3v) is 4.60. The van der Waals surface area contributed by atoms with Crippen LogP contribution in [-0.2, 0) is 9.84 Å². The summed E-state index contributed by atoms with van der Waals surface area (Å²) >= 11 is 1.63. The zero-order valence-electron chi connectivity index (χ0n) is 11.6. The Morgan fingerprint density at radius 1 is 1.35 bits per heavy atom. The molecule has 1 heterocycles. The smallest absolute Gasteiger partial charge is 0.166 e. The van der Waals surface area contributed by atoms with Crippen molar-refractivity contribution in [2.24, 2.45) is 0 Å². The Kier molecular flexibility index (Phi) is 5.06. The highest BCUT2D eigenvalue weighted by Gasteiger charge is 2.04. The van der Waals surface area contributed by atoms with Crippen molar-refractivity contribution in [3.8, 4) is 0 Å². The summed E-state index contributed by atoms with van der Waals surface area (Å²) in [5.41, 5.74) is 3.24. The maximum atomic E-state index is 11.0. The van der Waals surface area contributed by atoms with Crippen LogP contribution in [-0.4, -0.2) is 49.2 Å². The Morgan fingerprint density at radius 2 is 2.15 bits per heavy atom. The molecule has 0 bridgehead atoms. The quantitative estimate of drug-likeness (QED) is 0.600. The first-order valence-corrected chi connectivity index (χ1v) is 9.46. The van der Waals surface area contributed by atoms with Crippen LogP contribution in [0.2, 0.25) is 0 Å². The molecular formula is C13H19N3O2S2. The van der Waals surface area contributed by atoms with Crippen molar-refractivity contribution < 1.29 is 8.42 Å². The Balaban J connectivity index is 1.76. The molecule has 1 aromatic heterocycles. The molecule has 0 saturated carbocycles. The Hall–Kier alpha value is -1.05. The standard InChI is InChI=1S/C13H19N3O2S2/c1-10-3-4-11-12(9-10)16-13(15-11)19-7-5-14-6-8-20(2,17)18/h3-4,9,14H,5-8H2,1-2H3,(H,15,16). The van der Waals surface area contributed by atoms with E-state index in [-0.39, 0.29) is 5.75 Å². The first kappa shape index (κ1) is 15.3. The molecular weight excluding hydrogens is 294 g/mol. The summed E-state index contributed by atoms with van der Waals surface area (Å²) in [7, 11) is -2.87. The number of nitrogens with one attached hydrogen (secondary N) is 2. The van der Waals surface area contributed by atoms with Crippen LogP contribution in [0, 0.1) is 6.92 Å². The molecule has 2 aromatic rings. The van der Waals surface area contributed by atoms with Crippen molar-refractivity contribution in [1.82, 2.24) is 15.3 Å². The number of benzene rings is 1. The van der Waals surface area contributed by atoms with Crippen molar-refractivity contribution in [2.45, 2.75) is 12.1 Å². The van der Waals surface area contributed by atoms with Gasteiger partial charge in [0.25, 0.3) is 0 Å². The summed E-state index contributed by atoms with van der Waals surface area (Å²) in [4.78, 5) is 7.77. The fraction of sp³-hybridized carbons (Fsp3) is 0.462. The molecule has 7 heteroatoms. The molecule has 0 aliphatic heterocycles. The predicted octanol–water partition coefficient (Wildman–Crippen LogP) is 1.60. The summed E-state index contributed by atoms with van der Waals surface area (Å²) in [5, 5.41) is 4.01. The van der Waals surface area contributed by atoms with Gasteiger partial charge in [0.05, 0.1) is 16.8 Å². The minimum atomic E-state index is -2.87. The van der Waals surface area contributed by atoms with Gasteiger partial charge >= 0.3 is 0 Å². The van der Waals surface area contributed by atoms with Crippen molar-refractivity contribution in [2.75, 3.05) is 30.9 Å². The molecule has 0 fully saturated rings. The lowest BCUT2D eigenvalue weighted by Gasteiger charge is -2.02. The van der Waals surface area contributed by atoms with Crippen LogP contribution in [0.5, 0.6) is 0 Å². The second kappa shape index (κ2) is 6.60. The van der Waals surface area contributed by atoms with Crippen LogP contribution in [0.25, 0.3) is 11.0 Å². The third-order valence-electron chi connectivity index (χ3n) is 2.78. The van der Waals surface area contributed by atoms with Gasteiger partial charge in [0.2, 0.25) is 0 Å². The Labute approximate surface area is 123 Å². The minimum absolute atomic E-state index is 0.182. The minimum Gasteiger partial charge on any atom is -0.333 e. The van der Waals surface area contributed by atoms with E-state index in [1.54, 1.807) is 11.8 Å². The van der Waals surface area contributed by atoms with Crippen LogP contribution in [0.4, 0.5) is 0 Å². The second-order valence-corrected chi connectivity index (χ2v) is 8.13. The number of rotatable bonds is 7. The monoisotopic (exact) mass is 313 g/mol. The van der Waals surface area contributed by atoms with Crippen molar-refractivity contribution in [1.29, 1.82) is 0 Å². The highest BCUT2D eigenvalue weighted by Crippen LogP contribution is 2.19. The number of aromatic nitrogens is 2. The summed E-state index contributed by atoms with van der Waals surface area (Å²) in [6.45, 7) is 3.31.